The number of anilines is 1. The number of amides is 1. The van der Waals surface area contributed by atoms with Crippen molar-refractivity contribution < 1.29 is 9.90 Å². The molecule has 1 amide bonds. The third-order valence-electron chi connectivity index (χ3n) is 5.75. The zero-order valence-corrected chi connectivity index (χ0v) is 14.2. The zero-order chi connectivity index (χ0) is 15.5. The molecular weight excluding hydrogens is 391 g/mol. The molecule has 3 aliphatic rings. The first-order chi connectivity index (χ1) is 10.5. The molecule has 2 fully saturated rings. The molecule has 2 saturated carbocycles. The molecule has 1 spiro atoms. The van der Waals surface area contributed by atoms with Gasteiger partial charge in [-0.2, -0.15) is 0 Å². The first kappa shape index (κ1) is 14.5. The monoisotopic (exact) mass is 410 g/mol. The molecule has 3 aliphatic carbocycles. The summed E-state index contributed by atoms with van der Waals surface area (Å²) < 4.78 is 1.15. The van der Waals surface area contributed by atoms with Gasteiger partial charge in [0.1, 0.15) is 6.23 Å². The van der Waals surface area contributed by atoms with E-state index < -0.39 is 6.23 Å². The second kappa shape index (κ2) is 4.96. The topological polar surface area (TPSA) is 75.4 Å². The van der Waals surface area contributed by atoms with E-state index in [9.17, 15) is 9.90 Å². The number of aliphatic hydroxyl groups excluding tert-OH is 1. The number of nitrogens with two attached hydrogens (primary N) is 1. The third-order valence-corrected chi connectivity index (χ3v) is 6.47. The van der Waals surface area contributed by atoms with Gasteiger partial charge >= 0.3 is 0 Å². The number of carbonyl (C=O) groups is 1. The molecule has 0 radical (unpaired) electrons. The highest BCUT2D eigenvalue weighted by Gasteiger charge is 2.69. The predicted octanol–water partition coefficient (Wildman–Crippen LogP) is 2.34. The summed E-state index contributed by atoms with van der Waals surface area (Å²) in [5, 5.41) is 13.9. The minimum atomic E-state index is -0.755. The molecule has 4 N–H and O–H groups in total. The normalized spacial score (nSPS) is 34.8. The molecular formula is C17H19IN2O2. The van der Waals surface area contributed by atoms with Crippen LogP contribution in [0.5, 0.6) is 0 Å². The molecule has 1 aromatic rings. The van der Waals surface area contributed by atoms with Crippen molar-refractivity contribution in [3.8, 4) is 0 Å². The maximum atomic E-state index is 12.0. The van der Waals surface area contributed by atoms with Crippen LogP contribution in [0.3, 0.4) is 0 Å². The van der Waals surface area contributed by atoms with Crippen LogP contribution in [0.25, 0.3) is 0 Å². The average Bonchev–Trinajstić information content (AvgIpc) is 3.15. The lowest BCUT2D eigenvalue weighted by molar-refractivity contribution is -0.125. The van der Waals surface area contributed by atoms with E-state index in [0.29, 0.717) is 0 Å². The van der Waals surface area contributed by atoms with Crippen LogP contribution in [-0.2, 0) is 4.79 Å². The van der Waals surface area contributed by atoms with Gasteiger partial charge in [-0.25, -0.2) is 0 Å². The molecule has 5 heteroatoms. The van der Waals surface area contributed by atoms with E-state index in [-0.39, 0.29) is 35.0 Å². The first-order valence-corrected chi connectivity index (χ1v) is 8.79. The van der Waals surface area contributed by atoms with E-state index in [1.54, 1.807) is 0 Å². The smallest absolute Gasteiger partial charge is 0.221 e. The maximum Gasteiger partial charge on any atom is 0.221 e. The van der Waals surface area contributed by atoms with Crippen molar-refractivity contribution in [2.45, 2.75) is 19.1 Å². The van der Waals surface area contributed by atoms with Crippen molar-refractivity contribution in [3.05, 3.63) is 40.0 Å². The van der Waals surface area contributed by atoms with Crippen molar-refractivity contribution in [2.75, 3.05) is 5.32 Å². The highest BCUT2D eigenvalue weighted by Crippen LogP contribution is 2.72. The number of rotatable bonds is 4. The van der Waals surface area contributed by atoms with Gasteiger partial charge in [0.25, 0.3) is 0 Å². The van der Waals surface area contributed by atoms with Crippen LogP contribution < -0.4 is 11.1 Å². The Kier molecular flexibility index (Phi) is 3.27. The molecule has 0 aliphatic heterocycles. The summed E-state index contributed by atoms with van der Waals surface area (Å²) in [5.74, 6) is -0.191. The van der Waals surface area contributed by atoms with Crippen LogP contribution in [0.15, 0.2) is 36.4 Å². The predicted molar refractivity (Wildman–Crippen MR) is 92.7 cm³/mol. The van der Waals surface area contributed by atoms with Gasteiger partial charge in [0.05, 0.1) is 5.92 Å². The lowest BCUT2D eigenvalue weighted by Crippen LogP contribution is -2.42. The molecule has 4 rings (SSSR count). The van der Waals surface area contributed by atoms with Crippen LogP contribution in [0.1, 0.15) is 12.8 Å². The number of carbonyl (C=O) groups excluding carboxylic acids is 1. The minimum absolute atomic E-state index is 0.130. The first-order valence-electron chi connectivity index (χ1n) is 7.71. The lowest BCUT2D eigenvalue weighted by Gasteiger charge is -2.30. The van der Waals surface area contributed by atoms with E-state index in [2.05, 4.69) is 40.1 Å². The van der Waals surface area contributed by atoms with Gasteiger partial charge in [0.15, 0.2) is 0 Å². The Bertz CT molecular complexity index is 639. The van der Waals surface area contributed by atoms with Crippen molar-refractivity contribution in [3.63, 3.8) is 0 Å². The van der Waals surface area contributed by atoms with Crippen LogP contribution in [0.2, 0.25) is 0 Å². The number of allylic oxidation sites excluding steroid dienone is 2. The SMILES string of the molecule is NC(=O)C1C(C(O)Nc2ccc(I)cc2)C2C=CC1C21CC1. The Morgan fingerprint density at radius 1 is 1.27 bits per heavy atom. The molecule has 5 atom stereocenters. The van der Waals surface area contributed by atoms with Crippen LogP contribution in [0, 0.1) is 32.7 Å². The molecule has 5 unspecified atom stereocenters. The molecule has 116 valence electrons. The van der Waals surface area contributed by atoms with Crippen molar-refractivity contribution in [1.29, 1.82) is 0 Å². The summed E-state index contributed by atoms with van der Waals surface area (Å²) >= 11 is 2.25. The molecule has 0 saturated heterocycles. The zero-order valence-electron chi connectivity index (χ0n) is 12.1. The fourth-order valence-electron chi connectivity index (χ4n) is 4.68. The van der Waals surface area contributed by atoms with Crippen LogP contribution in [-0.4, -0.2) is 17.2 Å². The summed E-state index contributed by atoms with van der Waals surface area (Å²) in [6, 6.07) is 7.87. The minimum Gasteiger partial charge on any atom is -0.373 e. The van der Waals surface area contributed by atoms with E-state index in [4.69, 9.17) is 5.73 Å². The fraction of sp³-hybridized carbons (Fsp3) is 0.471. The number of hydrogen-bond acceptors (Lipinski definition) is 3. The molecule has 0 aromatic heterocycles. The van der Waals surface area contributed by atoms with Gasteiger partial charge in [0.2, 0.25) is 5.91 Å². The number of primary amides is 1. The van der Waals surface area contributed by atoms with Gasteiger partial charge in [0, 0.05) is 15.2 Å². The molecule has 0 heterocycles. The van der Waals surface area contributed by atoms with Crippen molar-refractivity contribution in [1.82, 2.24) is 0 Å². The summed E-state index contributed by atoms with van der Waals surface area (Å²) in [4.78, 5) is 12.0. The Morgan fingerprint density at radius 3 is 2.50 bits per heavy atom. The Labute approximate surface area is 143 Å². The van der Waals surface area contributed by atoms with Gasteiger partial charge < -0.3 is 16.2 Å². The molecule has 2 bridgehead atoms. The quantitative estimate of drug-likeness (QED) is 0.405. The summed E-state index contributed by atoms with van der Waals surface area (Å²) in [7, 11) is 0. The second-order valence-electron chi connectivity index (χ2n) is 6.77. The van der Waals surface area contributed by atoms with Crippen LogP contribution >= 0.6 is 22.6 Å². The van der Waals surface area contributed by atoms with Gasteiger partial charge in [-0.1, -0.05) is 12.2 Å². The molecule has 22 heavy (non-hydrogen) atoms. The standard InChI is InChI=1S/C17H19IN2O2/c18-9-1-3-10(4-2-9)20-16(22)14-12-6-5-11(13(14)15(19)21)17(12)7-8-17/h1-6,11-14,16,20,22H,7-8H2,(H2,19,21). The largest absolute Gasteiger partial charge is 0.373 e. The number of aliphatic hydroxyl groups is 1. The summed E-state index contributed by atoms with van der Waals surface area (Å²) in [6.07, 6.45) is 5.88. The summed E-state index contributed by atoms with van der Waals surface area (Å²) in [6.45, 7) is 0. The molecule has 4 nitrogen and oxygen atoms in total. The third kappa shape index (κ3) is 2.01. The van der Waals surface area contributed by atoms with E-state index in [1.165, 1.54) is 0 Å². The number of benzene rings is 1. The highest BCUT2D eigenvalue weighted by atomic mass is 127. The number of nitrogens with one attached hydrogen (secondary N) is 1. The Morgan fingerprint density at radius 2 is 1.91 bits per heavy atom. The van der Waals surface area contributed by atoms with E-state index in [0.717, 1.165) is 22.1 Å². The van der Waals surface area contributed by atoms with Gasteiger partial charge in [-0.15, -0.1) is 0 Å². The van der Waals surface area contributed by atoms with Crippen molar-refractivity contribution in [2.24, 2.45) is 34.8 Å². The molecule has 1 aromatic carbocycles. The van der Waals surface area contributed by atoms with E-state index in [1.807, 2.05) is 24.3 Å². The van der Waals surface area contributed by atoms with Crippen LogP contribution in [0.4, 0.5) is 5.69 Å². The number of hydrogen-bond donors (Lipinski definition) is 3. The second-order valence-corrected chi connectivity index (χ2v) is 8.02. The maximum absolute atomic E-state index is 12.0. The average molecular weight is 410 g/mol. The van der Waals surface area contributed by atoms with E-state index >= 15 is 0 Å². The summed E-state index contributed by atoms with van der Waals surface area (Å²) in [5.41, 5.74) is 6.74. The van der Waals surface area contributed by atoms with Gasteiger partial charge in [-0.05, 0) is 76.9 Å². The Balaban J connectivity index is 1.59. The number of halogens is 1. The lowest BCUT2D eigenvalue weighted by atomic mass is 9.81. The van der Waals surface area contributed by atoms with Gasteiger partial charge in [-0.3, -0.25) is 4.79 Å². The fourth-order valence-corrected chi connectivity index (χ4v) is 5.04. The Hall–Kier alpha value is -1.08. The highest BCUT2D eigenvalue weighted by molar-refractivity contribution is 14.1. The van der Waals surface area contributed by atoms with Crippen molar-refractivity contribution >= 4 is 34.2 Å².